The lowest BCUT2D eigenvalue weighted by atomic mass is 10.1. The second kappa shape index (κ2) is 9.05. The van der Waals surface area contributed by atoms with Gasteiger partial charge in [0.1, 0.15) is 5.75 Å². The Labute approximate surface area is 162 Å². The lowest BCUT2D eigenvalue weighted by Crippen LogP contribution is -2.29. The lowest BCUT2D eigenvalue weighted by molar-refractivity contribution is 0.0784. The van der Waals surface area contributed by atoms with Gasteiger partial charge < -0.3 is 9.64 Å². The normalized spacial score (nSPS) is 14.8. The molecule has 27 heavy (non-hydrogen) atoms. The molecule has 1 heterocycles. The molecular weight excluding hydrogens is 336 g/mol. The number of aryl methyl sites for hydroxylation is 1. The van der Waals surface area contributed by atoms with Crippen molar-refractivity contribution in [1.29, 1.82) is 0 Å². The maximum absolute atomic E-state index is 12.8. The Bertz CT molecular complexity index is 764. The van der Waals surface area contributed by atoms with Crippen LogP contribution in [0, 0.1) is 6.92 Å². The van der Waals surface area contributed by atoms with E-state index in [1.807, 2.05) is 38.2 Å². The minimum Gasteiger partial charge on any atom is -0.496 e. The average molecular weight is 367 g/mol. The highest BCUT2D eigenvalue weighted by Crippen LogP contribution is 2.22. The number of carbonyl (C=O) groups is 1. The molecule has 2 aromatic carbocycles. The molecule has 0 atom stereocenters. The van der Waals surface area contributed by atoms with Gasteiger partial charge in [-0.1, -0.05) is 36.2 Å². The van der Waals surface area contributed by atoms with Crippen molar-refractivity contribution in [2.24, 2.45) is 0 Å². The molecule has 4 heteroatoms. The molecule has 0 saturated carbocycles. The first-order valence-corrected chi connectivity index (χ1v) is 9.77. The maximum atomic E-state index is 12.8. The number of ether oxygens (including phenoxy) is 1. The van der Waals surface area contributed by atoms with Crippen molar-refractivity contribution >= 4 is 5.91 Å². The zero-order valence-electron chi connectivity index (χ0n) is 16.7. The number of likely N-dealkylation sites (tertiary alicyclic amines) is 1. The molecular formula is C23H30N2O2. The smallest absolute Gasteiger partial charge is 0.253 e. The van der Waals surface area contributed by atoms with Gasteiger partial charge in [0.15, 0.2) is 0 Å². The largest absolute Gasteiger partial charge is 0.496 e. The zero-order chi connectivity index (χ0) is 19.2. The highest BCUT2D eigenvalue weighted by atomic mass is 16.5. The van der Waals surface area contributed by atoms with Crippen molar-refractivity contribution < 1.29 is 9.53 Å². The van der Waals surface area contributed by atoms with E-state index in [1.165, 1.54) is 37.9 Å². The minimum atomic E-state index is 0.0306. The first-order valence-electron chi connectivity index (χ1n) is 9.77. The Morgan fingerprint density at radius 1 is 1.07 bits per heavy atom. The number of carbonyl (C=O) groups excluding carboxylic acids is 1. The van der Waals surface area contributed by atoms with Crippen molar-refractivity contribution in [3.05, 3.63) is 64.7 Å². The van der Waals surface area contributed by atoms with Crippen LogP contribution in [-0.4, -0.2) is 43.0 Å². The fraction of sp³-hybridized carbons (Fsp3) is 0.435. The summed E-state index contributed by atoms with van der Waals surface area (Å²) in [5, 5.41) is 0. The molecule has 0 bridgehead atoms. The molecule has 0 spiro atoms. The van der Waals surface area contributed by atoms with Crippen LogP contribution in [0.2, 0.25) is 0 Å². The van der Waals surface area contributed by atoms with Gasteiger partial charge in [0, 0.05) is 31.3 Å². The second-order valence-electron chi connectivity index (χ2n) is 7.51. The summed E-state index contributed by atoms with van der Waals surface area (Å²) >= 11 is 0. The molecule has 0 aliphatic carbocycles. The molecule has 0 radical (unpaired) electrons. The van der Waals surface area contributed by atoms with Crippen molar-refractivity contribution in [1.82, 2.24) is 9.80 Å². The van der Waals surface area contributed by atoms with Crippen LogP contribution in [0.15, 0.2) is 42.5 Å². The molecule has 0 aromatic heterocycles. The topological polar surface area (TPSA) is 32.8 Å². The van der Waals surface area contributed by atoms with Gasteiger partial charge >= 0.3 is 0 Å². The average Bonchev–Trinajstić information content (AvgIpc) is 2.69. The van der Waals surface area contributed by atoms with E-state index in [4.69, 9.17) is 4.74 Å². The van der Waals surface area contributed by atoms with Gasteiger partial charge in [-0.05, 0) is 56.6 Å². The molecule has 2 aromatic rings. The Morgan fingerprint density at radius 2 is 1.78 bits per heavy atom. The Hall–Kier alpha value is -2.33. The molecule has 144 valence electrons. The number of rotatable bonds is 6. The molecule has 0 unspecified atom stereocenters. The summed E-state index contributed by atoms with van der Waals surface area (Å²) in [6.07, 6.45) is 3.94. The monoisotopic (exact) mass is 366 g/mol. The number of piperidine rings is 1. The van der Waals surface area contributed by atoms with Crippen molar-refractivity contribution in [2.75, 3.05) is 27.2 Å². The SMILES string of the molecule is COc1ccc(C)cc1CN(C)C(=O)c1ccc(CN2CCCCC2)cc1. The van der Waals surface area contributed by atoms with Crippen LogP contribution in [0.5, 0.6) is 5.75 Å². The number of amides is 1. The summed E-state index contributed by atoms with van der Waals surface area (Å²) in [5.74, 6) is 0.847. The molecule has 4 nitrogen and oxygen atoms in total. The maximum Gasteiger partial charge on any atom is 0.253 e. The third kappa shape index (κ3) is 5.10. The number of hydrogen-bond acceptors (Lipinski definition) is 3. The summed E-state index contributed by atoms with van der Waals surface area (Å²) in [6.45, 7) is 5.92. The van der Waals surface area contributed by atoms with Crippen LogP contribution >= 0.6 is 0 Å². The summed E-state index contributed by atoms with van der Waals surface area (Å²) < 4.78 is 5.43. The van der Waals surface area contributed by atoms with Crippen LogP contribution in [0.4, 0.5) is 0 Å². The third-order valence-corrected chi connectivity index (χ3v) is 5.25. The van der Waals surface area contributed by atoms with E-state index in [2.05, 4.69) is 23.1 Å². The van der Waals surface area contributed by atoms with Crippen molar-refractivity contribution in [2.45, 2.75) is 39.3 Å². The van der Waals surface area contributed by atoms with Crippen LogP contribution in [0.25, 0.3) is 0 Å². The highest BCUT2D eigenvalue weighted by molar-refractivity contribution is 5.94. The van der Waals surface area contributed by atoms with Gasteiger partial charge in [0.05, 0.1) is 7.11 Å². The van der Waals surface area contributed by atoms with Crippen LogP contribution in [0.3, 0.4) is 0 Å². The van der Waals surface area contributed by atoms with Gasteiger partial charge in [-0.2, -0.15) is 0 Å². The summed E-state index contributed by atoms with van der Waals surface area (Å²) in [7, 11) is 3.50. The van der Waals surface area contributed by atoms with E-state index in [-0.39, 0.29) is 5.91 Å². The quantitative estimate of drug-likeness (QED) is 0.766. The van der Waals surface area contributed by atoms with Gasteiger partial charge in [-0.3, -0.25) is 9.69 Å². The third-order valence-electron chi connectivity index (χ3n) is 5.25. The first-order chi connectivity index (χ1) is 13.1. The van der Waals surface area contributed by atoms with Crippen molar-refractivity contribution in [3.8, 4) is 5.75 Å². The molecule has 1 aliphatic rings. The number of benzene rings is 2. The zero-order valence-corrected chi connectivity index (χ0v) is 16.7. The van der Waals surface area contributed by atoms with Crippen LogP contribution in [-0.2, 0) is 13.1 Å². The summed E-state index contributed by atoms with van der Waals surface area (Å²) in [5.41, 5.74) is 4.19. The highest BCUT2D eigenvalue weighted by Gasteiger charge is 2.15. The van der Waals surface area contributed by atoms with E-state index >= 15 is 0 Å². The van der Waals surface area contributed by atoms with Crippen LogP contribution < -0.4 is 4.74 Å². The Morgan fingerprint density at radius 3 is 2.44 bits per heavy atom. The molecule has 1 aliphatic heterocycles. The number of nitrogens with zero attached hydrogens (tertiary/aromatic N) is 2. The summed E-state index contributed by atoms with van der Waals surface area (Å²) in [4.78, 5) is 17.1. The predicted molar refractivity (Wildman–Crippen MR) is 109 cm³/mol. The van der Waals surface area contributed by atoms with Gasteiger partial charge in [-0.15, -0.1) is 0 Å². The van der Waals surface area contributed by atoms with E-state index in [0.29, 0.717) is 6.54 Å². The fourth-order valence-corrected chi connectivity index (χ4v) is 3.71. The van der Waals surface area contributed by atoms with E-state index in [9.17, 15) is 4.79 Å². The molecule has 1 saturated heterocycles. The van der Waals surface area contributed by atoms with Crippen molar-refractivity contribution in [3.63, 3.8) is 0 Å². The van der Waals surface area contributed by atoms with Gasteiger partial charge in [-0.25, -0.2) is 0 Å². The molecule has 0 N–H and O–H groups in total. The lowest BCUT2D eigenvalue weighted by Gasteiger charge is -2.26. The van der Waals surface area contributed by atoms with E-state index < -0.39 is 0 Å². The second-order valence-corrected chi connectivity index (χ2v) is 7.51. The fourth-order valence-electron chi connectivity index (χ4n) is 3.71. The van der Waals surface area contributed by atoms with E-state index in [0.717, 1.165) is 29.0 Å². The Balaban J connectivity index is 1.63. The van der Waals surface area contributed by atoms with Crippen LogP contribution in [0.1, 0.15) is 46.3 Å². The molecule has 1 fully saturated rings. The minimum absolute atomic E-state index is 0.0306. The molecule has 1 amide bonds. The van der Waals surface area contributed by atoms with Gasteiger partial charge in [0.2, 0.25) is 0 Å². The predicted octanol–water partition coefficient (Wildman–Crippen LogP) is 4.26. The first kappa shape index (κ1) is 19.4. The van der Waals surface area contributed by atoms with Gasteiger partial charge in [0.25, 0.3) is 5.91 Å². The number of hydrogen-bond donors (Lipinski definition) is 0. The summed E-state index contributed by atoms with van der Waals surface area (Å²) in [6, 6.07) is 14.1. The van der Waals surface area contributed by atoms with E-state index in [1.54, 1.807) is 12.0 Å². The number of methoxy groups -OCH3 is 1. The molecule has 3 rings (SSSR count). The standard InChI is InChI=1S/C23H30N2O2/c1-18-7-12-22(27-3)21(15-18)17-24(2)23(26)20-10-8-19(9-11-20)16-25-13-5-4-6-14-25/h7-12,15H,4-6,13-14,16-17H2,1-3H3. The Kier molecular flexibility index (Phi) is 6.51.